The Bertz CT molecular complexity index is 471. The number of sulfone groups is 1. The Hall–Kier alpha value is -0.220. The van der Waals surface area contributed by atoms with Gasteiger partial charge in [0.25, 0.3) is 0 Å². The van der Waals surface area contributed by atoms with Crippen molar-refractivity contribution in [2.75, 3.05) is 24.6 Å². The van der Waals surface area contributed by atoms with Gasteiger partial charge in [-0.3, -0.25) is 5.32 Å². The zero-order chi connectivity index (χ0) is 12.0. The van der Waals surface area contributed by atoms with Crippen LogP contribution < -0.4 is 5.32 Å². The largest absolute Gasteiger partial charge is 0.364 e. The van der Waals surface area contributed by atoms with E-state index in [-0.39, 0.29) is 24.5 Å². The molecule has 94 valence electrons. The van der Waals surface area contributed by atoms with Gasteiger partial charge in [-0.2, -0.15) is 4.31 Å². The predicted molar refractivity (Wildman–Crippen MR) is 56.7 cm³/mol. The lowest BCUT2D eigenvalue weighted by Crippen LogP contribution is -2.44. The lowest BCUT2D eigenvalue weighted by molar-refractivity contribution is 0.0751. The van der Waals surface area contributed by atoms with Gasteiger partial charge in [0.15, 0.2) is 16.2 Å². The lowest BCUT2D eigenvalue weighted by Gasteiger charge is -2.22. The zero-order valence-corrected chi connectivity index (χ0v) is 10.2. The van der Waals surface area contributed by atoms with Crippen molar-refractivity contribution in [2.45, 2.75) is 18.0 Å². The molecule has 0 aromatic rings. The van der Waals surface area contributed by atoms with Crippen LogP contribution in [-0.2, 0) is 19.9 Å². The summed E-state index contributed by atoms with van der Waals surface area (Å²) in [5, 5.41) is 11.1. The highest BCUT2D eigenvalue weighted by atomic mass is 32.2. The van der Waals surface area contributed by atoms with Crippen LogP contribution in [-0.4, -0.2) is 62.4 Å². The first-order valence-electron chi connectivity index (χ1n) is 4.95. The quantitative estimate of drug-likeness (QED) is 0.584. The maximum Gasteiger partial charge on any atom is 0.221 e. The van der Waals surface area contributed by atoms with Crippen LogP contribution in [0.5, 0.6) is 0 Å². The Kier molecular flexibility index (Phi) is 2.99. The summed E-state index contributed by atoms with van der Waals surface area (Å²) in [6.45, 7) is 0.555. The smallest absolute Gasteiger partial charge is 0.221 e. The number of hydrogen-bond acceptors (Lipinski definition) is 6. The van der Waals surface area contributed by atoms with Gasteiger partial charge >= 0.3 is 0 Å². The molecule has 0 aliphatic carbocycles. The van der Waals surface area contributed by atoms with E-state index in [1.807, 2.05) is 0 Å². The molecule has 0 bridgehead atoms. The molecule has 9 heteroatoms. The van der Waals surface area contributed by atoms with E-state index in [9.17, 15) is 21.9 Å². The maximum absolute atomic E-state index is 12.0. The van der Waals surface area contributed by atoms with Gasteiger partial charge in [0.1, 0.15) is 0 Å². The van der Waals surface area contributed by atoms with Crippen molar-refractivity contribution in [1.29, 1.82) is 0 Å². The molecule has 0 spiro atoms. The first-order valence-corrected chi connectivity index (χ1v) is 8.28. The number of hydrogen-bond donors (Lipinski definition) is 2. The third-order valence-electron chi connectivity index (χ3n) is 2.87. The molecule has 2 N–H and O–H groups in total. The molecule has 0 aromatic heterocycles. The van der Waals surface area contributed by atoms with Crippen molar-refractivity contribution in [2.24, 2.45) is 0 Å². The van der Waals surface area contributed by atoms with Crippen LogP contribution in [0.1, 0.15) is 6.42 Å². The topological polar surface area (TPSA) is 104 Å². The minimum absolute atomic E-state index is 0.0890. The second kappa shape index (κ2) is 3.91. The molecule has 2 unspecified atom stereocenters. The first-order chi connectivity index (χ1) is 7.33. The molecule has 0 saturated carbocycles. The minimum atomic E-state index is -3.72. The summed E-state index contributed by atoms with van der Waals surface area (Å²) in [5.74, 6) is -0.424. The molecule has 2 aliphatic heterocycles. The van der Waals surface area contributed by atoms with Gasteiger partial charge in [0.2, 0.25) is 10.0 Å². The molecule has 16 heavy (non-hydrogen) atoms. The summed E-state index contributed by atoms with van der Waals surface area (Å²) in [4.78, 5) is 0. The van der Waals surface area contributed by atoms with Crippen LogP contribution in [0.3, 0.4) is 0 Å². The molecular weight excluding hydrogens is 256 g/mol. The molecule has 0 aromatic carbocycles. The fourth-order valence-corrected chi connectivity index (χ4v) is 6.48. The molecule has 2 atom stereocenters. The summed E-state index contributed by atoms with van der Waals surface area (Å²) in [5.41, 5.74) is 0. The van der Waals surface area contributed by atoms with Crippen LogP contribution >= 0.6 is 0 Å². The average molecular weight is 270 g/mol. The molecule has 2 fully saturated rings. The van der Waals surface area contributed by atoms with E-state index in [1.165, 1.54) is 0 Å². The molecule has 0 amide bonds. The van der Waals surface area contributed by atoms with Crippen LogP contribution in [0.4, 0.5) is 0 Å². The Labute approximate surface area is 94.4 Å². The fraction of sp³-hybridized carbons (Fsp3) is 1.00. The second-order valence-corrected chi connectivity index (χ2v) is 8.40. The summed E-state index contributed by atoms with van der Waals surface area (Å²) in [7, 11) is -6.95. The summed E-state index contributed by atoms with van der Waals surface area (Å²) >= 11 is 0. The van der Waals surface area contributed by atoms with Gasteiger partial charge in [0.05, 0.1) is 16.8 Å². The highest BCUT2D eigenvalue weighted by Gasteiger charge is 2.43. The first kappa shape index (κ1) is 12.2. The highest BCUT2D eigenvalue weighted by molar-refractivity contribution is 7.95. The van der Waals surface area contributed by atoms with E-state index >= 15 is 0 Å². The number of aliphatic hydroxyl groups is 1. The number of aliphatic hydroxyl groups excluding tert-OH is 1. The van der Waals surface area contributed by atoms with Crippen molar-refractivity contribution < 1.29 is 21.9 Å². The normalized spacial score (nSPS) is 35.6. The molecule has 2 rings (SSSR count). The van der Waals surface area contributed by atoms with E-state index in [0.717, 1.165) is 4.31 Å². The lowest BCUT2D eigenvalue weighted by atomic mass is 10.4. The molecule has 2 saturated heterocycles. The van der Waals surface area contributed by atoms with Gasteiger partial charge in [-0.15, -0.1) is 0 Å². The Morgan fingerprint density at radius 2 is 2.06 bits per heavy atom. The fourth-order valence-electron chi connectivity index (χ4n) is 1.98. The highest BCUT2D eigenvalue weighted by Crippen LogP contribution is 2.23. The van der Waals surface area contributed by atoms with E-state index < -0.39 is 31.5 Å². The Morgan fingerprint density at radius 3 is 2.50 bits per heavy atom. The third kappa shape index (κ3) is 2.09. The Balaban J connectivity index is 2.20. The summed E-state index contributed by atoms with van der Waals surface area (Å²) in [6, 6.07) is 0. The van der Waals surface area contributed by atoms with Crippen LogP contribution in [0.2, 0.25) is 0 Å². The molecular formula is C7H14N2O5S2. The van der Waals surface area contributed by atoms with Crippen molar-refractivity contribution >= 4 is 19.9 Å². The van der Waals surface area contributed by atoms with Crippen molar-refractivity contribution in [3.8, 4) is 0 Å². The van der Waals surface area contributed by atoms with Gasteiger partial charge in [-0.25, -0.2) is 16.8 Å². The van der Waals surface area contributed by atoms with Gasteiger partial charge in [-0.05, 0) is 6.42 Å². The maximum atomic E-state index is 12.0. The van der Waals surface area contributed by atoms with Gasteiger partial charge < -0.3 is 5.11 Å². The summed E-state index contributed by atoms with van der Waals surface area (Å²) < 4.78 is 47.4. The average Bonchev–Trinajstić information content (AvgIpc) is 2.72. The van der Waals surface area contributed by atoms with E-state index in [1.54, 1.807) is 0 Å². The van der Waals surface area contributed by atoms with Crippen LogP contribution in [0.15, 0.2) is 0 Å². The minimum Gasteiger partial charge on any atom is -0.364 e. The van der Waals surface area contributed by atoms with E-state index in [2.05, 4.69) is 5.32 Å². The van der Waals surface area contributed by atoms with Crippen molar-refractivity contribution in [3.63, 3.8) is 0 Å². The Morgan fingerprint density at radius 1 is 1.38 bits per heavy atom. The standard InChI is InChI=1S/C7H14N2O5S2/c10-7-8-2-3-9(7)16(13,14)6-1-4-15(11,12)5-6/h6-8,10H,1-5H2. The van der Waals surface area contributed by atoms with Gasteiger partial charge in [-0.1, -0.05) is 0 Å². The molecule has 2 aliphatic rings. The van der Waals surface area contributed by atoms with Crippen molar-refractivity contribution in [1.82, 2.24) is 9.62 Å². The second-order valence-electron chi connectivity index (χ2n) is 4.01. The number of sulfonamides is 1. The number of nitrogens with one attached hydrogen (secondary N) is 1. The number of rotatable bonds is 2. The number of nitrogens with zero attached hydrogens (tertiary/aromatic N) is 1. The molecule has 0 radical (unpaired) electrons. The van der Waals surface area contributed by atoms with Crippen molar-refractivity contribution in [3.05, 3.63) is 0 Å². The van der Waals surface area contributed by atoms with Gasteiger partial charge in [0, 0.05) is 13.1 Å². The van der Waals surface area contributed by atoms with Crippen LogP contribution in [0.25, 0.3) is 0 Å². The van der Waals surface area contributed by atoms with E-state index in [4.69, 9.17) is 0 Å². The summed E-state index contributed by atoms with van der Waals surface area (Å²) in [6.07, 6.45) is -1.11. The molecule has 7 nitrogen and oxygen atoms in total. The molecule has 2 heterocycles. The monoisotopic (exact) mass is 270 g/mol. The van der Waals surface area contributed by atoms with Crippen LogP contribution in [0, 0.1) is 0 Å². The van der Waals surface area contributed by atoms with E-state index in [0.29, 0.717) is 6.54 Å². The third-order valence-corrected chi connectivity index (χ3v) is 7.13. The predicted octanol–water partition coefficient (Wildman–Crippen LogP) is -2.32. The SMILES string of the molecule is O=S1(=O)CCC(S(=O)(=O)N2CCNC2O)C1. The zero-order valence-electron chi connectivity index (χ0n) is 8.53.